The Kier molecular flexibility index (Phi) is 5.03. The van der Waals surface area contributed by atoms with Crippen LogP contribution in [-0.4, -0.2) is 50.3 Å². The van der Waals surface area contributed by atoms with Gasteiger partial charge < -0.3 is 10.2 Å². The zero-order valence-electron chi connectivity index (χ0n) is 17.3. The van der Waals surface area contributed by atoms with Crippen molar-refractivity contribution in [3.8, 4) is 11.4 Å². The first-order valence-corrected chi connectivity index (χ1v) is 10.4. The zero-order chi connectivity index (χ0) is 21.2. The first-order chi connectivity index (χ1) is 15.2. The van der Waals surface area contributed by atoms with Crippen molar-refractivity contribution >= 4 is 17.4 Å². The molecule has 0 bridgehead atoms. The Balaban J connectivity index is 1.22. The van der Waals surface area contributed by atoms with Gasteiger partial charge >= 0.3 is 0 Å². The number of amides is 1. The lowest BCUT2D eigenvalue weighted by atomic mass is 9.99. The number of carbonyl (C=O) groups excluding carboxylic acids is 1. The highest BCUT2D eigenvalue weighted by molar-refractivity contribution is 5.81. The minimum absolute atomic E-state index is 0.0290. The van der Waals surface area contributed by atoms with Gasteiger partial charge in [0.15, 0.2) is 11.5 Å². The Hall–Kier alpha value is -3.81. The van der Waals surface area contributed by atoms with Gasteiger partial charge in [0.05, 0.1) is 5.92 Å². The summed E-state index contributed by atoms with van der Waals surface area (Å²) in [6.07, 6.45) is 2.50. The van der Waals surface area contributed by atoms with Gasteiger partial charge in [0.25, 0.3) is 0 Å². The molecule has 3 aromatic heterocycles. The van der Waals surface area contributed by atoms with Crippen LogP contribution in [0.25, 0.3) is 17.0 Å². The molecule has 8 heteroatoms. The maximum Gasteiger partial charge on any atom is 0.226 e. The average Bonchev–Trinajstić information content (AvgIpc) is 3.17. The average molecular weight is 413 g/mol. The largest absolute Gasteiger partial charge is 0.355 e. The summed E-state index contributed by atoms with van der Waals surface area (Å²) < 4.78 is 1.76. The van der Waals surface area contributed by atoms with E-state index in [1.807, 2.05) is 54.6 Å². The van der Waals surface area contributed by atoms with E-state index in [-0.39, 0.29) is 11.8 Å². The summed E-state index contributed by atoms with van der Waals surface area (Å²) in [5.41, 5.74) is 3.84. The number of pyridine rings is 1. The molecule has 1 aromatic carbocycles. The number of hydrogen-bond donors (Lipinski definition) is 1. The second kappa shape index (κ2) is 8.14. The maximum absolute atomic E-state index is 12.4. The number of fused-ring (bicyclic) bond motifs is 1. The first-order valence-electron chi connectivity index (χ1n) is 10.4. The van der Waals surface area contributed by atoms with Crippen LogP contribution in [0.4, 0.5) is 5.82 Å². The second-order valence-electron chi connectivity index (χ2n) is 7.82. The van der Waals surface area contributed by atoms with Gasteiger partial charge in [-0.3, -0.25) is 9.78 Å². The number of nitrogens with zero attached hydrogens (tertiary/aromatic N) is 6. The molecule has 4 heterocycles. The Bertz CT molecular complexity index is 1200. The van der Waals surface area contributed by atoms with Crippen molar-refractivity contribution in [2.24, 2.45) is 5.92 Å². The van der Waals surface area contributed by atoms with Gasteiger partial charge in [0, 0.05) is 43.5 Å². The normalized spacial score (nSPS) is 13.9. The highest BCUT2D eigenvalue weighted by Crippen LogP contribution is 2.25. The summed E-state index contributed by atoms with van der Waals surface area (Å²) in [6.45, 7) is 3.94. The minimum atomic E-state index is -0.0290. The first kappa shape index (κ1) is 19.2. The van der Waals surface area contributed by atoms with Gasteiger partial charge in [-0.2, -0.15) is 4.52 Å². The molecular weight excluding hydrogens is 390 g/mol. The molecule has 0 radical (unpaired) electrons. The lowest BCUT2D eigenvalue weighted by Gasteiger charge is -2.38. The van der Waals surface area contributed by atoms with Crippen LogP contribution in [0, 0.1) is 12.8 Å². The molecular formula is C23H23N7O. The fourth-order valence-electron chi connectivity index (χ4n) is 3.67. The van der Waals surface area contributed by atoms with Crippen molar-refractivity contribution in [1.82, 2.24) is 30.1 Å². The molecule has 0 unspecified atom stereocenters. The highest BCUT2D eigenvalue weighted by Gasteiger charge is 2.33. The third kappa shape index (κ3) is 3.96. The van der Waals surface area contributed by atoms with E-state index in [4.69, 9.17) is 5.10 Å². The number of carbonyl (C=O) groups is 1. The molecule has 0 aliphatic carbocycles. The van der Waals surface area contributed by atoms with E-state index >= 15 is 0 Å². The summed E-state index contributed by atoms with van der Waals surface area (Å²) in [6, 6.07) is 17.8. The van der Waals surface area contributed by atoms with Gasteiger partial charge in [-0.05, 0) is 31.2 Å². The van der Waals surface area contributed by atoms with Crippen molar-refractivity contribution in [3.05, 3.63) is 72.1 Å². The summed E-state index contributed by atoms with van der Waals surface area (Å²) in [7, 11) is 0. The third-order valence-electron chi connectivity index (χ3n) is 5.54. The van der Waals surface area contributed by atoms with Crippen LogP contribution in [-0.2, 0) is 11.2 Å². The summed E-state index contributed by atoms with van der Waals surface area (Å²) in [5.74, 6) is 1.58. The fourth-order valence-corrected chi connectivity index (χ4v) is 3.67. The minimum Gasteiger partial charge on any atom is -0.355 e. The Labute approximate surface area is 179 Å². The highest BCUT2D eigenvalue weighted by atomic mass is 16.2. The van der Waals surface area contributed by atoms with Gasteiger partial charge in [0.1, 0.15) is 5.82 Å². The quantitative estimate of drug-likeness (QED) is 0.522. The summed E-state index contributed by atoms with van der Waals surface area (Å²) in [4.78, 5) is 18.8. The molecule has 1 fully saturated rings. The van der Waals surface area contributed by atoms with E-state index in [9.17, 15) is 4.79 Å². The number of benzene rings is 1. The van der Waals surface area contributed by atoms with Crippen LogP contribution >= 0.6 is 0 Å². The fraction of sp³-hybridized carbons (Fsp3) is 0.261. The van der Waals surface area contributed by atoms with E-state index in [1.54, 1.807) is 10.7 Å². The predicted molar refractivity (Wildman–Crippen MR) is 118 cm³/mol. The summed E-state index contributed by atoms with van der Waals surface area (Å²) in [5, 5.41) is 16.3. The SMILES string of the molecule is Cc1ccc(-c2nnc3ccc(N4CC(C(=O)NCCc5ccccn5)C4)nn23)cc1. The standard InChI is InChI=1S/C23H23N7O/c1-16-5-7-17(8-6-16)22-27-26-20-9-10-21(28-30(20)22)29-14-18(15-29)23(31)25-13-11-19-4-2-3-12-24-19/h2-10,12,18H,11,13-15H2,1H3,(H,25,31). The van der Waals surface area contributed by atoms with Gasteiger partial charge in [0.2, 0.25) is 5.91 Å². The number of aryl methyl sites for hydroxylation is 1. The molecule has 0 atom stereocenters. The van der Waals surface area contributed by atoms with Crippen molar-refractivity contribution in [3.63, 3.8) is 0 Å². The van der Waals surface area contributed by atoms with Crippen LogP contribution < -0.4 is 10.2 Å². The number of hydrogen-bond acceptors (Lipinski definition) is 6. The smallest absolute Gasteiger partial charge is 0.226 e. The molecule has 8 nitrogen and oxygen atoms in total. The lowest BCUT2D eigenvalue weighted by molar-refractivity contribution is -0.125. The van der Waals surface area contributed by atoms with Crippen LogP contribution in [0.2, 0.25) is 0 Å². The molecule has 5 rings (SSSR count). The van der Waals surface area contributed by atoms with E-state index in [0.717, 1.165) is 23.5 Å². The molecule has 0 saturated carbocycles. The molecule has 1 N–H and O–H groups in total. The molecule has 4 aromatic rings. The maximum atomic E-state index is 12.4. The van der Waals surface area contributed by atoms with Crippen molar-refractivity contribution in [1.29, 1.82) is 0 Å². The number of anilines is 1. The van der Waals surface area contributed by atoms with Gasteiger partial charge in [-0.1, -0.05) is 35.9 Å². The zero-order valence-corrected chi connectivity index (χ0v) is 17.3. The van der Waals surface area contributed by atoms with Gasteiger partial charge in [-0.15, -0.1) is 15.3 Å². The van der Waals surface area contributed by atoms with Crippen LogP contribution in [0.15, 0.2) is 60.8 Å². The molecule has 156 valence electrons. The monoisotopic (exact) mass is 413 g/mol. The Morgan fingerprint density at radius 2 is 1.90 bits per heavy atom. The van der Waals surface area contributed by atoms with Gasteiger partial charge in [-0.25, -0.2) is 0 Å². The lowest BCUT2D eigenvalue weighted by Crippen LogP contribution is -2.54. The molecule has 1 amide bonds. The van der Waals surface area contributed by atoms with Crippen LogP contribution in [0.5, 0.6) is 0 Å². The topological polar surface area (TPSA) is 88.3 Å². The van der Waals surface area contributed by atoms with Crippen LogP contribution in [0.3, 0.4) is 0 Å². The van der Waals surface area contributed by atoms with Crippen LogP contribution in [0.1, 0.15) is 11.3 Å². The predicted octanol–water partition coefficient (Wildman–Crippen LogP) is 2.29. The van der Waals surface area contributed by atoms with Crippen molar-refractivity contribution in [2.45, 2.75) is 13.3 Å². The number of aromatic nitrogens is 5. The van der Waals surface area contributed by atoms with E-state index in [0.29, 0.717) is 31.1 Å². The van der Waals surface area contributed by atoms with Crippen molar-refractivity contribution < 1.29 is 4.79 Å². The molecule has 1 saturated heterocycles. The van der Waals surface area contributed by atoms with E-state index < -0.39 is 0 Å². The Morgan fingerprint density at radius 3 is 2.68 bits per heavy atom. The molecule has 0 spiro atoms. The van der Waals surface area contributed by atoms with E-state index in [2.05, 4.69) is 32.3 Å². The van der Waals surface area contributed by atoms with Crippen molar-refractivity contribution in [2.75, 3.05) is 24.5 Å². The molecule has 1 aliphatic rings. The summed E-state index contributed by atoms with van der Waals surface area (Å²) >= 11 is 0. The molecule has 31 heavy (non-hydrogen) atoms. The Morgan fingerprint density at radius 1 is 1.06 bits per heavy atom. The second-order valence-corrected chi connectivity index (χ2v) is 7.82. The third-order valence-corrected chi connectivity index (χ3v) is 5.54. The molecule has 1 aliphatic heterocycles. The number of nitrogens with one attached hydrogen (secondary N) is 1. The number of rotatable bonds is 6. The van der Waals surface area contributed by atoms with E-state index in [1.165, 1.54) is 5.56 Å².